The van der Waals surface area contributed by atoms with Gasteiger partial charge in [-0.15, -0.1) is 0 Å². The zero-order chi connectivity index (χ0) is 14.6. The minimum Gasteiger partial charge on any atom is -0.394 e. The third-order valence-corrected chi connectivity index (χ3v) is 3.44. The van der Waals surface area contributed by atoms with E-state index in [1.54, 1.807) is 12.1 Å². The molecule has 0 aromatic heterocycles. The van der Waals surface area contributed by atoms with Crippen molar-refractivity contribution in [2.24, 2.45) is 0 Å². The fourth-order valence-corrected chi connectivity index (χ4v) is 2.23. The zero-order valence-corrected chi connectivity index (χ0v) is 11.9. The normalized spacial score (nSPS) is 13.8. The molecule has 0 amide bonds. The van der Waals surface area contributed by atoms with Crippen LogP contribution in [-0.4, -0.2) is 17.3 Å². The van der Waals surface area contributed by atoms with E-state index in [1.807, 2.05) is 38.1 Å². The Kier molecular flexibility index (Phi) is 4.40. The quantitative estimate of drug-likeness (QED) is 0.873. The maximum atomic E-state index is 12.9. The summed E-state index contributed by atoms with van der Waals surface area (Å²) < 4.78 is 12.9. The molecule has 2 aromatic carbocycles. The molecule has 0 heterocycles. The van der Waals surface area contributed by atoms with E-state index in [2.05, 4.69) is 5.32 Å². The van der Waals surface area contributed by atoms with Crippen molar-refractivity contribution in [1.29, 1.82) is 0 Å². The summed E-state index contributed by atoms with van der Waals surface area (Å²) in [5, 5.41) is 13.1. The molecule has 0 bridgehead atoms. The summed E-state index contributed by atoms with van der Waals surface area (Å²) in [5.41, 5.74) is 2.64. The molecule has 3 heteroatoms. The van der Waals surface area contributed by atoms with Crippen LogP contribution in [0.1, 0.15) is 18.1 Å². The molecule has 2 aromatic rings. The van der Waals surface area contributed by atoms with Crippen molar-refractivity contribution in [2.75, 3.05) is 11.9 Å². The Labute approximate surface area is 119 Å². The van der Waals surface area contributed by atoms with Gasteiger partial charge in [0, 0.05) is 5.69 Å². The summed E-state index contributed by atoms with van der Waals surface area (Å²) in [5.74, 6) is -0.244. The first kappa shape index (κ1) is 14.5. The monoisotopic (exact) mass is 273 g/mol. The molecule has 1 atom stereocenters. The fraction of sp³-hybridized carbons (Fsp3) is 0.294. The number of para-hydroxylation sites is 1. The Hall–Kier alpha value is -1.87. The SMILES string of the molecule is Cc1ccccc1NC(C)(CO)Cc1ccc(F)cc1. The Balaban J connectivity index is 2.17. The highest BCUT2D eigenvalue weighted by Gasteiger charge is 2.24. The lowest BCUT2D eigenvalue weighted by atomic mass is 9.93. The first-order valence-electron chi connectivity index (χ1n) is 6.71. The van der Waals surface area contributed by atoms with Crippen LogP contribution >= 0.6 is 0 Å². The number of anilines is 1. The topological polar surface area (TPSA) is 32.3 Å². The van der Waals surface area contributed by atoms with Gasteiger partial charge in [-0.1, -0.05) is 30.3 Å². The molecule has 0 radical (unpaired) electrons. The Morgan fingerprint density at radius 3 is 2.35 bits per heavy atom. The van der Waals surface area contributed by atoms with Gasteiger partial charge in [-0.05, 0) is 49.6 Å². The van der Waals surface area contributed by atoms with E-state index in [0.29, 0.717) is 6.42 Å². The molecule has 0 saturated carbocycles. The minimum atomic E-state index is -0.482. The Morgan fingerprint density at radius 1 is 1.10 bits per heavy atom. The smallest absolute Gasteiger partial charge is 0.123 e. The number of rotatable bonds is 5. The van der Waals surface area contributed by atoms with Gasteiger partial charge in [0.05, 0.1) is 12.1 Å². The highest BCUT2D eigenvalue weighted by Crippen LogP contribution is 2.22. The summed E-state index contributed by atoms with van der Waals surface area (Å²) in [4.78, 5) is 0. The van der Waals surface area contributed by atoms with Crippen molar-refractivity contribution >= 4 is 5.69 Å². The number of aliphatic hydroxyl groups excluding tert-OH is 1. The van der Waals surface area contributed by atoms with Crippen LogP contribution in [0.15, 0.2) is 48.5 Å². The summed E-state index contributed by atoms with van der Waals surface area (Å²) in [7, 11) is 0. The number of hydrogen-bond donors (Lipinski definition) is 2. The maximum Gasteiger partial charge on any atom is 0.123 e. The van der Waals surface area contributed by atoms with E-state index in [1.165, 1.54) is 12.1 Å². The van der Waals surface area contributed by atoms with Crippen molar-refractivity contribution in [1.82, 2.24) is 0 Å². The highest BCUT2D eigenvalue weighted by atomic mass is 19.1. The third-order valence-electron chi connectivity index (χ3n) is 3.44. The number of aryl methyl sites for hydroxylation is 1. The lowest BCUT2D eigenvalue weighted by Gasteiger charge is -2.31. The average molecular weight is 273 g/mol. The molecule has 2 N–H and O–H groups in total. The Bertz CT molecular complexity index is 567. The number of halogens is 1. The number of benzene rings is 2. The van der Waals surface area contributed by atoms with Crippen LogP contribution in [0.5, 0.6) is 0 Å². The molecule has 0 saturated heterocycles. The van der Waals surface area contributed by atoms with Gasteiger partial charge in [0.25, 0.3) is 0 Å². The number of aliphatic hydroxyl groups is 1. The second kappa shape index (κ2) is 6.06. The second-order valence-electron chi connectivity index (χ2n) is 5.46. The van der Waals surface area contributed by atoms with Crippen molar-refractivity contribution in [3.8, 4) is 0 Å². The molecular weight excluding hydrogens is 253 g/mol. The second-order valence-corrected chi connectivity index (χ2v) is 5.46. The van der Waals surface area contributed by atoms with Crippen LogP contribution in [0.4, 0.5) is 10.1 Å². The molecule has 2 rings (SSSR count). The van der Waals surface area contributed by atoms with Crippen molar-refractivity contribution in [3.05, 3.63) is 65.5 Å². The highest BCUT2D eigenvalue weighted by molar-refractivity contribution is 5.52. The van der Waals surface area contributed by atoms with Gasteiger partial charge in [0.15, 0.2) is 0 Å². The van der Waals surface area contributed by atoms with E-state index < -0.39 is 5.54 Å². The van der Waals surface area contributed by atoms with Gasteiger partial charge < -0.3 is 10.4 Å². The average Bonchev–Trinajstić information content (AvgIpc) is 2.44. The molecule has 0 fully saturated rings. The molecule has 0 aliphatic rings. The summed E-state index contributed by atoms with van der Waals surface area (Å²) >= 11 is 0. The molecule has 20 heavy (non-hydrogen) atoms. The van der Waals surface area contributed by atoms with E-state index >= 15 is 0 Å². The third kappa shape index (κ3) is 3.58. The zero-order valence-electron chi connectivity index (χ0n) is 11.9. The summed E-state index contributed by atoms with van der Waals surface area (Å²) in [6.45, 7) is 3.99. The standard InChI is InChI=1S/C17H20FNO/c1-13-5-3-4-6-16(13)19-17(2,12-20)11-14-7-9-15(18)10-8-14/h3-10,19-20H,11-12H2,1-2H3. The van der Waals surface area contributed by atoms with Gasteiger partial charge in [0.2, 0.25) is 0 Å². The van der Waals surface area contributed by atoms with Crippen LogP contribution in [0.3, 0.4) is 0 Å². The van der Waals surface area contributed by atoms with Gasteiger partial charge in [-0.25, -0.2) is 4.39 Å². The number of nitrogens with one attached hydrogen (secondary N) is 1. The summed E-state index contributed by atoms with van der Waals surface area (Å²) in [6, 6.07) is 14.4. The molecule has 0 aliphatic heterocycles. The first-order valence-corrected chi connectivity index (χ1v) is 6.71. The van der Waals surface area contributed by atoms with Crippen LogP contribution in [-0.2, 0) is 6.42 Å². The lowest BCUT2D eigenvalue weighted by molar-refractivity contribution is 0.222. The Morgan fingerprint density at radius 2 is 1.75 bits per heavy atom. The maximum absolute atomic E-state index is 12.9. The van der Waals surface area contributed by atoms with Crippen LogP contribution in [0.2, 0.25) is 0 Å². The minimum absolute atomic E-state index is 0.00128. The van der Waals surface area contributed by atoms with Gasteiger partial charge >= 0.3 is 0 Å². The molecular formula is C17H20FNO. The van der Waals surface area contributed by atoms with Crippen LogP contribution in [0, 0.1) is 12.7 Å². The summed E-state index contributed by atoms with van der Waals surface area (Å²) in [6.07, 6.45) is 0.623. The van der Waals surface area contributed by atoms with Crippen molar-refractivity contribution in [2.45, 2.75) is 25.8 Å². The van der Waals surface area contributed by atoms with Crippen molar-refractivity contribution < 1.29 is 9.50 Å². The molecule has 0 spiro atoms. The molecule has 0 aliphatic carbocycles. The van der Waals surface area contributed by atoms with Gasteiger partial charge in [-0.2, -0.15) is 0 Å². The van der Waals surface area contributed by atoms with E-state index in [4.69, 9.17) is 0 Å². The van der Waals surface area contributed by atoms with E-state index in [0.717, 1.165) is 16.8 Å². The largest absolute Gasteiger partial charge is 0.394 e. The van der Waals surface area contributed by atoms with Crippen LogP contribution < -0.4 is 5.32 Å². The fourth-order valence-electron chi connectivity index (χ4n) is 2.23. The van der Waals surface area contributed by atoms with E-state index in [-0.39, 0.29) is 12.4 Å². The molecule has 106 valence electrons. The first-order chi connectivity index (χ1) is 9.52. The van der Waals surface area contributed by atoms with Gasteiger partial charge in [0.1, 0.15) is 5.82 Å². The number of hydrogen-bond acceptors (Lipinski definition) is 2. The van der Waals surface area contributed by atoms with Crippen molar-refractivity contribution in [3.63, 3.8) is 0 Å². The molecule has 1 unspecified atom stereocenters. The molecule has 2 nitrogen and oxygen atoms in total. The van der Waals surface area contributed by atoms with Gasteiger partial charge in [-0.3, -0.25) is 0 Å². The van der Waals surface area contributed by atoms with E-state index in [9.17, 15) is 9.50 Å². The predicted octanol–water partition coefficient (Wildman–Crippen LogP) is 3.54. The van der Waals surface area contributed by atoms with Crippen LogP contribution in [0.25, 0.3) is 0 Å². The lowest BCUT2D eigenvalue weighted by Crippen LogP contribution is -2.41. The predicted molar refractivity (Wildman–Crippen MR) is 80.4 cm³/mol.